The number of rotatable bonds is 8. The Morgan fingerprint density at radius 2 is 1.97 bits per heavy atom. The van der Waals surface area contributed by atoms with Gasteiger partial charge in [-0.3, -0.25) is 9.69 Å². The molecule has 0 bridgehead atoms. The smallest absolute Gasteiger partial charge is 0.221 e. The van der Waals surface area contributed by atoms with Gasteiger partial charge < -0.3 is 10.6 Å². The Balaban J connectivity index is 1.43. The third-order valence-electron chi connectivity index (χ3n) is 5.95. The van der Waals surface area contributed by atoms with Gasteiger partial charge in [0.15, 0.2) is 5.13 Å². The lowest BCUT2D eigenvalue weighted by atomic mass is 10.00. The lowest BCUT2D eigenvalue weighted by Gasteiger charge is -2.39. The lowest BCUT2D eigenvalue weighted by Crippen LogP contribution is -2.45. The molecule has 0 spiro atoms. The highest BCUT2D eigenvalue weighted by molar-refractivity contribution is 7.22. The number of piperidine rings is 1. The Bertz CT molecular complexity index is 1070. The van der Waals surface area contributed by atoms with E-state index in [2.05, 4.69) is 35.8 Å². The fourth-order valence-electron chi connectivity index (χ4n) is 4.53. The van der Waals surface area contributed by atoms with Crippen LogP contribution in [0.3, 0.4) is 0 Å². The van der Waals surface area contributed by atoms with Crippen molar-refractivity contribution in [3.05, 3.63) is 58.6 Å². The van der Waals surface area contributed by atoms with Crippen LogP contribution in [-0.4, -0.2) is 41.5 Å². The van der Waals surface area contributed by atoms with Gasteiger partial charge in [0.25, 0.3) is 0 Å². The van der Waals surface area contributed by atoms with Crippen LogP contribution in [-0.2, 0) is 17.8 Å². The van der Waals surface area contributed by atoms with Gasteiger partial charge in [-0.05, 0) is 48.1 Å². The van der Waals surface area contributed by atoms with E-state index in [-0.39, 0.29) is 5.91 Å². The van der Waals surface area contributed by atoms with Crippen molar-refractivity contribution in [1.82, 2.24) is 9.88 Å². The fourth-order valence-corrected chi connectivity index (χ4v) is 5.82. The van der Waals surface area contributed by atoms with Crippen molar-refractivity contribution >= 4 is 44.2 Å². The molecular weight excluding hydrogens is 440 g/mol. The van der Waals surface area contributed by atoms with Crippen molar-refractivity contribution in [3.63, 3.8) is 0 Å². The third kappa shape index (κ3) is 5.80. The fraction of sp³-hybridized carbons (Fsp3) is 0.440. The molecule has 4 rings (SSSR count). The van der Waals surface area contributed by atoms with Crippen molar-refractivity contribution < 1.29 is 4.79 Å². The third-order valence-corrected chi connectivity index (χ3v) is 7.26. The zero-order valence-corrected chi connectivity index (χ0v) is 20.3. The number of hydrogen-bond donors (Lipinski definition) is 1. The molecule has 3 aromatic rings. The van der Waals surface area contributed by atoms with Crippen LogP contribution in [0.4, 0.5) is 5.13 Å². The van der Waals surface area contributed by atoms with E-state index in [0.717, 1.165) is 65.0 Å². The molecule has 1 fully saturated rings. The first kappa shape index (κ1) is 23.0. The molecule has 0 radical (unpaired) electrons. The van der Waals surface area contributed by atoms with Crippen LogP contribution in [0.1, 0.15) is 37.8 Å². The van der Waals surface area contributed by atoms with Crippen LogP contribution in [0.25, 0.3) is 10.2 Å². The summed E-state index contributed by atoms with van der Waals surface area (Å²) in [6, 6.07) is 14.7. The van der Waals surface area contributed by atoms with Gasteiger partial charge in [0.1, 0.15) is 0 Å². The van der Waals surface area contributed by atoms with E-state index >= 15 is 0 Å². The van der Waals surface area contributed by atoms with Crippen molar-refractivity contribution in [2.24, 2.45) is 11.7 Å². The molecule has 1 amide bonds. The summed E-state index contributed by atoms with van der Waals surface area (Å²) in [6.07, 6.45) is 2.53. The molecule has 1 aromatic heterocycles. The Morgan fingerprint density at radius 1 is 1.22 bits per heavy atom. The van der Waals surface area contributed by atoms with E-state index in [4.69, 9.17) is 22.3 Å². The average molecular weight is 471 g/mol. The van der Waals surface area contributed by atoms with Crippen LogP contribution in [0.15, 0.2) is 42.5 Å². The lowest BCUT2D eigenvalue weighted by molar-refractivity contribution is -0.117. The molecule has 7 heteroatoms. The van der Waals surface area contributed by atoms with Gasteiger partial charge in [0.2, 0.25) is 5.91 Å². The molecular formula is C25H31ClN4OS. The highest BCUT2D eigenvalue weighted by atomic mass is 35.5. The zero-order valence-electron chi connectivity index (χ0n) is 18.8. The van der Waals surface area contributed by atoms with Gasteiger partial charge in [0.05, 0.1) is 16.6 Å². The van der Waals surface area contributed by atoms with Gasteiger partial charge in [0, 0.05) is 37.2 Å². The minimum atomic E-state index is -0.286. The minimum Gasteiger partial charge on any atom is -0.369 e. The number of nitrogens with two attached hydrogens (primary N) is 1. The molecule has 0 unspecified atom stereocenters. The molecule has 2 heterocycles. The monoisotopic (exact) mass is 470 g/mol. The molecule has 32 heavy (non-hydrogen) atoms. The summed E-state index contributed by atoms with van der Waals surface area (Å²) in [5.74, 6) is 0.307. The Morgan fingerprint density at radius 3 is 2.69 bits per heavy atom. The normalized spacial score (nSPS) is 15.2. The highest BCUT2D eigenvalue weighted by Crippen LogP contribution is 2.33. The standard InChI is InChI=1S/C25H31ClN4OS/c1-17(2)15-30(16-19-5-3-4-18(12-19)13-24(27)31)21-8-10-29(11-9-21)25-28-22-7-6-20(26)14-23(22)32-25/h3-7,12,14,17,21H,8-11,13,15-16H2,1-2H3,(H2,27,31). The number of carbonyl (C=O) groups is 1. The second-order valence-electron chi connectivity index (χ2n) is 9.11. The summed E-state index contributed by atoms with van der Waals surface area (Å²) < 4.78 is 1.15. The summed E-state index contributed by atoms with van der Waals surface area (Å²) in [5, 5.41) is 1.85. The number of anilines is 1. The number of thiazole rings is 1. The van der Waals surface area contributed by atoms with E-state index in [1.165, 1.54) is 5.56 Å². The van der Waals surface area contributed by atoms with Crippen LogP contribution in [0.2, 0.25) is 5.02 Å². The molecule has 2 N–H and O–H groups in total. The van der Waals surface area contributed by atoms with E-state index in [9.17, 15) is 4.79 Å². The van der Waals surface area contributed by atoms with Gasteiger partial charge in [-0.15, -0.1) is 0 Å². The molecule has 170 valence electrons. The van der Waals surface area contributed by atoms with Gasteiger partial charge in [-0.2, -0.15) is 0 Å². The van der Waals surface area contributed by atoms with Crippen LogP contribution in [0.5, 0.6) is 0 Å². The van der Waals surface area contributed by atoms with Crippen molar-refractivity contribution in [2.45, 2.75) is 45.7 Å². The largest absolute Gasteiger partial charge is 0.369 e. The van der Waals surface area contributed by atoms with E-state index in [0.29, 0.717) is 18.4 Å². The number of hydrogen-bond acceptors (Lipinski definition) is 5. The summed E-state index contributed by atoms with van der Waals surface area (Å²) in [7, 11) is 0. The molecule has 0 aliphatic carbocycles. The second-order valence-corrected chi connectivity index (χ2v) is 10.6. The number of primary amides is 1. The average Bonchev–Trinajstić information content (AvgIpc) is 3.16. The first-order chi connectivity index (χ1) is 15.4. The van der Waals surface area contributed by atoms with Crippen molar-refractivity contribution in [1.29, 1.82) is 0 Å². The maximum absolute atomic E-state index is 11.3. The Labute approximate surface area is 199 Å². The first-order valence-electron chi connectivity index (χ1n) is 11.3. The topological polar surface area (TPSA) is 62.5 Å². The van der Waals surface area contributed by atoms with Gasteiger partial charge in [-0.1, -0.05) is 61.1 Å². The Kier molecular flexibility index (Phi) is 7.33. The van der Waals surface area contributed by atoms with Crippen LogP contribution < -0.4 is 10.6 Å². The number of carbonyl (C=O) groups excluding carboxylic acids is 1. The van der Waals surface area contributed by atoms with E-state index in [1.54, 1.807) is 11.3 Å². The van der Waals surface area contributed by atoms with E-state index in [1.807, 2.05) is 30.3 Å². The van der Waals surface area contributed by atoms with Crippen molar-refractivity contribution in [3.8, 4) is 0 Å². The van der Waals surface area contributed by atoms with Crippen LogP contribution in [0, 0.1) is 5.92 Å². The van der Waals surface area contributed by atoms with Crippen LogP contribution >= 0.6 is 22.9 Å². The first-order valence-corrected chi connectivity index (χ1v) is 12.5. The highest BCUT2D eigenvalue weighted by Gasteiger charge is 2.26. The SMILES string of the molecule is CC(C)CN(Cc1cccc(CC(N)=O)c1)C1CCN(c2nc3ccc(Cl)cc3s2)CC1. The molecule has 0 saturated carbocycles. The molecule has 5 nitrogen and oxygen atoms in total. The predicted octanol–water partition coefficient (Wildman–Crippen LogP) is 5.10. The van der Waals surface area contributed by atoms with Gasteiger partial charge >= 0.3 is 0 Å². The maximum Gasteiger partial charge on any atom is 0.221 e. The number of benzene rings is 2. The quantitative estimate of drug-likeness (QED) is 0.497. The zero-order chi connectivity index (χ0) is 22.7. The Hall–Kier alpha value is -2.15. The molecule has 1 aliphatic rings. The van der Waals surface area contributed by atoms with Crippen molar-refractivity contribution in [2.75, 3.05) is 24.5 Å². The predicted molar refractivity (Wildman–Crippen MR) is 134 cm³/mol. The number of aromatic nitrogens is 1. The molecule has 0 atom stereocenters. The minimum absolute atomic E-state index is 0.286. The summed E-state index contributed by atoms with van der Waals surface area (Å²) in [4.78, 5) is 21.2. The molecule has 1 saturated heterocycles. The second kappa shape index (κ2) is 10.2. The van der Waals surface area contributed by atoms with Gasteiger partial charge in [-0.25, -0.2) is 4.98 Å². The molecule has 1 aliphatic heterocycles. The number of amides is 1. The summed E-state index contributed by atoms with van der Waals surface area (Å²) >= 11 is 7.87. The number of nitrogens with zero attached hydrogens (tertiary/aromatic N) is 3. The molecule has 2 aromatic carbocycles. The number of halogens is 1. The number of fused-ring (bicyclic) bond motifs is 1. The van der Waals surface area contributed by atoms with E-state index < -0.39 is 0 Å². The summed E-state index contributed by atoms with van der Waals surface area (Å²) in [5.41, 5.74) is 8.65. The maximum atomic E-state index is 11.3. The summed E-state index contributed by atoms with van der Waals surface area (Å²) in [6.45, 7) is 8.53.